The van der Waals surface area contributed by atoms with E-state index < -0.39 is 26.0 Å². The fourth-order valence-electron chi connectivity index (χ4n) is 1.55. The zero-order valence-electron chi connectivity index (χ0n) is 9.90. The van der Waals surface area contributed by atoms with Crippen molar-refractivity contribution in [2.45, 2.75) is 26.1 Å². The highest BCUT2D eigenvalue weighted by atomic mass is 31.2. The third-order valence-corrected chi connectivity index (χ3v) is 2.88. The summed E-state index contributed by atoms with van der Waals surface area (Å²) in [4.78, 5) is 30.3. The molecule has 17 heavy (non-hydrogen) atoms. The molecule has 1 saturated heterocycles. The molecule has 0 saturated carbocycles. The minimum absolute atomic E-state index is 0.0193. The van der Waals surface area contributed by atoms with Crippen molar-refractivity contribution in [3.63, 3.8) is 0 Å². The van der Waals surface area contributed by atoms with Crippen LogP contribution in [0.1, 0.15) is 13.8 Å². The molecule has 1 rings (SSSR count). The molecule has 1 aliphatic rings. The van der Waals surface area contributed by atoms with E-state index in [-0.39, 0.29) is 25.8 Å². The molecule has 1 aliphatic heterocycles. The number of esters is 1. The molecule has 0 bridgehead atoms. The Morgan fingerprint density at radius 1 is 1.59 bits per heavy atom. The van der Waals surface area contributed by atoms with Crippen LogP contribution in [0.25, 0.3) is 0 Å². The quantitative estimate of drug-likeness (QED) is 0.524. The van der Waals surface area contributed by atoms with Gasteiger partial charge in [-0.05, 0) is 13.8 Å². The van der Waals surface area contributed by atoms with Crippen molar-refractivity contribution < 1.29 is 28.6 Å². The molecule has 0 aromatic rings. The number of hydrogen-bond acceptors (Lipinski definition) is 5. The third kappa shape index (κ3) is 6.14. The summed E-state index contributed by atoms with van der Waals surface area (Å²) in [7, 11) is -4.15. The van der Waals surface area contributed by atoms with E-state index in [1.807, 2.05) is 13.8 Å². The number of cyclic esters (lactones) is 1. The summed E-state index contributed by atoms with van der Waals surface area (Å²) in [5, 5.41) is 0. The lowest BCUT2D eigenvalue weighted by Crippen LogP contribution is -2.47. The smallest absolute Gasteiger partial charge is 0.339 e. The van der Waals surface area contributed by atoms with Gasteiger partial charge in [0.15, 0.2) is 0 Å². The molecule has 8 heteroatoms. The van der Waals surface area contributed by atoms with E-state index in [0.29, 0.717) is 0 Å². The molecule has 1 fully saturated rings. The van der Waals surface area contributed by atoms with E-state index >= 15 is 0 Å². The summed E-state index contributed by atoms with van der Waals surface area (Å²) in [5.74, 6) is -0.484. The van der Waals surface area contributed by atoms with E-state index in [1.54, 1.807) is 0 Å². The second-order valence-corrected chi connectivity index (χ2v) is 5.92. The number of morpholine rings is 1. The Labute approximate surface area is 99.9 Å². The average Bonchev–Trinajstić information content (AvgIpc) is 2.10. The first-order valence-electron chi connectivity index (χ1n) is 5.34. The van der Waals surface area contributed by atoms with Crippen LogP contribution >= 0.6 is 7.60 Å². The Morgan fingerprint density at radius 2 is 2.24 bits per heavy atom. The maximum Gasteiger partial charge on any atom is 0.339 e. The van der Waals surface area contributed by atoms with Crippen molar-refractivity contribution in [3.05, 3.63) is 0 Å². The molecular weight excluding hydrogens is 249 g/mol. The predicted molar refractivity (Wildman–Crippen MR) is 59.5 cm³/mol. The molecule has 0 amide bonds. The van der Waals surface area contributed by atoms with Gasteiger partial charge in [0.25, 0.3) is 0 Å². The first-order chi connectivity index (χ1) is 7.76. The zero-order valence-corrected chi connectivity index (χ0v) is 10.8. The molecule has 0 aliphatic carbocycles. The highest BCUT2D eigenvalue weighted by Gasteiger charge is 2.30. The maximum absolute atomic E-state index is 11.2. The Bertz CT molecular complexity index is 315. The highest BCUT2D eigenvalue weighted by Crippen LogP contribution is 2.35. The highest BCUT2D eigenvalue weighted by molar-refractivity contribution is 7.51. The van der Waals surface area contributed by atoms with Gasteiger partial charge in [-0.25, -0.2) is 0 Å². The van der Waals surface area contributed by atoms with Crippen LogP contribution in [0.5, 0.6) is 0 Å². The summed E-state index contributed by atoms with van der Waals surface area (Å²) in [6, 6.07) is 0. The van der Waals surface area contributed by atoms with Crippen LogP contribution in [-0.4, -0.2) is 58.8 Å². The van der Waals surface area contributed by atoms with Crippen LogP contribution in [0.4, 0.5) is 0 Å². The number of ether oxygens (including phenoxy) is 2. The predicted octanol–water partition coefficient (Wildman–Crippen LogP) is -0.226. The third-order valence-electron chi connectivity index (χ3n) is 2.11. The Morgan fingerprint density at radius 3 is 2.76 bits per heavy atom. The minimum Gasteiger partial charge on any atom is -0.458 e. The van der Waals surface area contributed by atoms with Crippen LogP contribution in [-0.2, 0) is 18.8 Å². The molecule has 1 atom stereocenters. The van der Waals surface area contributed by atoms with E-state index in [9.17, 15) is 9.36 Å². The number of nitrogens with zero attached hydrogens (tertiary/aromatic N) is 1. The molecule has 0 aromatic carbocycles. The van der Waals surface area contributed by atoms with Gasteiger partial charge in [0, 0.05) is 6.54 Å². The monoisotopic (exact) mass is 267 g/mol. The molecule has 7 nitrogen and oxygen atoms in total. The van der Waals surface area contributed by atoms with E-state index in [2.05, 4.69) is 0 Å². The summed E-state index contributed by atoms with van der Waals surface area (Å²) in [6.45, 7) is 4.14. The van der Waals surface area contributed by atoms with Gasteiger partial charge in [-0.15, -0.1) is 0 Å². The normalized spacial score (nSPS) is 22.9. The number of carbonyl (C=O) groups is 1. The molecule has 2 N–H and O–H groups in total. The van der Waals surface area contributed by atoms with Gasteiger partial charge in [-0.2, -0.15) is 0 Å². The lowest BCUT2D eigenvalue weighted by molar-refractivity contribution is -0.163. The van der Waals surface area contributed by atoms with Crippen molar-refractivity contribution in [1.82, 2.24) is 4.90 Å². The van der Waals surface area contributed by atoms with Gasteiger partial charge >= 0.3 is 13.6 Å². The van der Waals surface area contributed by atoms with Crippen molar-refractivity contribution in [3.8, 4) is 0 Å². The molecule has 0 aromatic heterocycles. The zero-order chi connectivity index (χ0) is 13.1. The Balaban J connectivity index is 2.47. The molecule has 1 heterocycles. The van der Waals surface area contributed by atoms with E-state index in [4.69, 9.17) is 19.3 Å². The summed E-state index contributed by atoms with van der Waals surface area (Å²) >= 11 is 0. The van der Waals surface area contributed by atoms with Crippen molar-refractivity contribution in [2.75, 3.05) is 26.0 Å². The fourth-order valence-corrected chi connectivity index (χ4v) is 2.29. The topological polar surface area (TPSA) is 96.3 Å². The van der Waals surface area contributed by atoms with Gasteiger partial charge < -0.3 is 19.3 Å². The van der Waals surface area contributed by atoms with Crippen LogP contribution in [0, 0.1) is 0 Å². The van der Waals surface area contributed by atoms with Crippen molar-refractivity contribution in [1.29, 1.82) is 0 Å². The Hall–Kier alpha value is -0.460. The SMILES string of the molecule is CC(C)OCC1CN(CP(=O)(O)O)CC(=O)O1. The molecular formula is C9H18NO6P. The summed E-state index contributed by atoms with van der Waals surface area (Å²) in [5.41, 5.74) is 0. The van der Waals surface area contributed by atoms with E-state index in [1.165, 1.54) is 4.90 Å². The summed E-state index contributed by atoms with van der Waals surface area (Å²) < 4.78 is 21.2. The first kappa shape index (κ1) is 14.6. The molecule has 0 radical (unpaired) electrons. The number of rotatable bonds is 5. The Kier molecular flexibility index (Phi) is 5.09. The lowest BCUT2D eigenvalue weighted by atomic mass is 10.3. The van der Waals surface area contributed by atoms with Crippen LogP contribution in [0.3, 0.4) is 0 Å². The van der Waals surface area contributed by atoms with Crippen LogP contribution in [0.15, 0.2) is 0 Å². The van der Waals surface area contributed by atoms with Crippen molar-refractivity contribution in [2.24, 2.45) is 0 Å². The maximum atomic E-state index is 11.2. The van der Waals surface area contributed by atoms with Gasteiger partial charge in [0.05, 0.1) is 19.3 Å². The standard InChI is InChI=1S/C9H18NO6P/c1-7(2)15-5-8-3-10(4-9(11)16-8)6-17(12,13)14/h7-8H,3-6H2,1-2H3,(H2,12,13,14). The molecule has 100 valence electrons. The second-order valence-electron chi connectivity index (χ2n) is 4.31. The van der Waals surface area contributed by atoms with Gasteiger partial charge in [0.2, 0.25) is 0 Å². The average molecular weight is 267 g/mol. The van der Waals surface area contributed by atoms with Gasteiger partial charge in [-0.3, -0.25) is 14.3 Å². The van der Waals surface area contributed by atoms with Gasteiger partial charge in [-0.1, -0.05) is 0 Å². The van der Waals surface area contributed by atoms with Crippen LogP contribution in [0.2, 0.25) is 0 Å². The van der Waals surface area contributed by atoms with Crippen LogP contribution < -0.4 is 0 Å². The minimum atomic E-state index is -4.15. The number of carbonyl (C=O) groups excluding carboxylic acids is 1. The van der Waals surface area contributed by atoms with Gasteiger partial charge in [0.1, 0.15) is 12.4 Å². The van der Waals surface area contributed by atoms with E-state index in [0.717, 1.165) is 0 Å². The number of hydrogen-bond donors (Lipinski definition) is 2. The molecule has 1 unspecified atom stereocenters. The lowest BCUT2D eigenvalue weighted by Gasteiger charge is -2.32. The first-order valence-corrected chi connectivity index (χ1v) is 7.14. The fraction of sp³-hybridized carbons (Fsp3) is 0.889. The molecule has 0 spiro atoms. The summed E-state index contributed by atoms with van der Waals surface area (Å²) in [6.07, 6.45) is -0.878. The second kappa shape index (κ2) is 5.93. The van der Waals surface area contributed by atoms with Crippen molar-refractivity contribution >= 4 is 13.6 Å². The largest absolute Gasteiger partial charge is 0.458 e.